The second-order valence-corrected chi connectivity index (χ2v) is 7.62. The van der Waals surface area contributed by atoms with Gasteiger partial charge in [0.1, 0.15) is 6.54 Å². The predicted octanol–water partition coefficient (Wildman–Crippen LogP) is 1.49. The molecule has 136 valence electrons. The number of hydrogen-bond donors (Lipinski definition) is 2. The average Bonchev–Trinajstić information content (AvgIpc) is 2.60. The van der Waals surface area contributed by atoms with Crippen LogP contribution in [0, 0.1) is 0 Å². The van der Waals surface area contributed by atoms with Crippen molar-refractivity contribution in [1.82, 2.24) is 0 Å². The van der Waals surface area contributed by atoms with E-state index in [9.17, 15) is 8.42 Å². The fourth-order valence-electron chi connectivity index (χ4n) is 2.81. The van der Waals surface area contributed by atoms with E-state index in [-0.39, 0.29) is 4.90 Å². The molecule has 0 atom stereocenters. The van der Waals surface area contributed by atoms with Gasteiger partial charge in [-0.25, -0.2) is 13.6 Å². The molecule has 2 aromatic carbocycles. The van der Waals surface area contributed by atoms with Crippen LogP contribution in [-0.2, 0) is 23.0 Å². The van der Waals surface area contributed by atoms with E-state index in [1.54, 1.807) is 12.1 Å². The summed E-state index contributed by atoms with van der Waals surface area (Å²) in [6, 6.07) is 15.5. The van der Waals surface area contributed by atoms with Crippen molar-refractivity contribution in [3.63, 3.8) is 0 Å². The minimum absolute atomic E-state index is 0.161. The van der Waals surface area contributed by atoms with Gasteiger partial charge in [-0.2, -0.15) is 0 Å². The molecule has 0 saturated heterocycles. The lowest BCUT2D eigenvalue weighted by Crippen LogP contribution is -2.83. The Balaban J connectivity index is 1.79. The Bertz CT molecular complexity index is 752. The molecule has 0 spiro atoms. The zero-order valence-electron chi connectivity index (χ0n) is 15.0. The molecule has 25 heavy (non-hydrogen) atoms. The van der Waals surface area contributed by atoms with Gasteiger partial charge in [0, 0.05) is 30.8 Å². The molecule has 0 fully saturated rings. The van der Waals surface area contributed by atoms with Crippen LogP contribution in [0.4, 0.5) is 5.69 Å². The van der Waals surface area contributed by atoms with Crippen molar-refractivity contribution in [3.8, 4) is 0 Å². The van der Waals surface area contributed by atoms with Gasteiger partial charge in [0.25, 0.3) is 0 Å². The van der Waals surface area contributed by atoms with E-state index in [0.717, 1.165) is 38.2 Å². The van der Waals surface area contributed by atoms with E-state index in [1.807, 2.05) is 12.1 Å². The zero-order valence-corrected chi connectivity index (χ0v) is 15.8. The summed E-state index contributed by atoms with van der Waals surface area (Å²) in [5.41, 5.74) is 3.68. The van der Waals surface area contributed by atoms with Gasteiger partial charge in [0.15, 0.2) is 0 Å². The molecule has 0 aliphatic carbocycles. The fourth-order valence-corrected chi connectivity index (χ4v) is 3.33. The lowest BCUT2D eigenvalue weighted by Gasteiger charge is -2.21. The molecule has 0 amide bonds. The summed E-state index contributed by atoms with van der Waals surface area (Å²) >= 11 is 0. The minimum atomic E-state index is -3.61. The Morgan fingerprint density at radius 3 is 2.00 bits per heavy atom. The van der Waals surface area contributed by atoms with Crippen LogP contribution in [0.15, 0.2) is 53.4 Å². The van der Waals surface area contributed by atoms with Crippen molar-refractivity contribution in [2.45, 2.75) is 31.7 Å². The molecule has 0 bridgehead atoms. The Hall–Kier alpha value is -1.89. The normalized spacial score (nSPS) is 11.5. The van der Waals surface area contributed by atoms with E-state index in [0.29, 0.717) is 0 Å². The number of nitrogens with two attached hydrogens (primary N) is 2. The predicted molar refractivity (Wildman–Crippen MR) is 102 cm³/mol. The SMILES string of the molecule is CCN(CC)c1ccc(C[NH2+]CCc2ccc(S(N)(=O)=O)cc2)cc1. The van der Waals surface area contributed by atoms with E-state index in [1.165, 1.54) is 11.3 Å². The van der Waals surface area contributed by atoms with Crippen LogP contribution in [0.5, 0.6) is 0 Å². The number of primary sulfonamides is 1. The van der Waals surface area contributed by atoms with Crippen LogP contribution in [0.25, 0.3) is 0 Å². The highest BCUT2D eigenvalue weighted by Gasteiger charge is 2.07. The lowest BCUT2D eigenvalue weighted by atomic mass is 10.1. The molecule has 2 rings (SSSR count). The highest BCUT2D eigenvalue weighted by Crippen LogP contribution is 2.14. The first-order valence-corrected chi connectivity index (χ1v) is 10.3. The highest BCUT2D eigenvalue weighted by molar-refractivity contribution is 7.89. The van der Waals surface area contributed by atoms with Crippen molar-refractivity contribution in [2.24, 2.45) is 5.14 Å². The monoisotopic (exact) mass is 362 g/mol. The number of nitrogens with zero attached hydrogens (tertiary/aromatic N) is 1. The molecular formula is C19H28N3O2S+. The molecule has 0 saturated carbocycles. The van der Waals surface area contributed by atoms with Crippen molar-refractivity contribution in [2.75, 3.05) is 24.5 Å². The number of benzene rings is 2. The van der Waals surface area contributed by atoms with Crippen LogP contribution >= 0.6 is 0 Å². The standard InChI is InChI=1S/C19H27N3O2S/c1-3-22(4-2)18-9-5-17(6-10-18)15-21-14-13-16-7-11-19(12-8-16)25(20,23)24/h5-12,21H,3-4,13-15H2,1-2H3,(H2,20,23,24)/p+1. The summed E-state index contributed by atoms with van der Waals surface area (Å²) in [6.07, 6.45) is 0.891. The van der Waals surface area contributed by atoms with Crippen molar-refractivity contribution >= 4 is 15.7 Å². The number of hydrogen-bond acceptors (Lipinski definition) is 3. The third-order valence-corrected chi connectivity index (χ3v) is 5.26. The average molecular weight is 363 g/mol. The third-order valence-electron chi connectivity index (χ3n) is 4.33. The topological polar surface area (TPSA) is 80.0 Å². The van der Waals surface area contributed by atoms with Crippen molar-refractivity contribution < 1.29 is 13.7 Å². The van der Waals surface area contributed by atoms with Gasteiger partial charge >= 0.3 is 0 Å². The Morgan fingerprint density at radius 1 is 0.920 bits per heavy atom. The van der Waals surface area contributed by atoms with E-state index < -0.39 is 10.0 Å². The second kappa shape index (κ2) is 8.99. The molecule has 4 N–H and O–H groups in total. The molecule has 0 aromatic heterocycles. The summed E-state index contributed by atoms with van der Waals surface area (Å²) in [7, 11) is -3.61. The Morgan fingerprint density at radius 2 is 1.48 bits per heavy atom. The van der Waals surface area contributed by atoms with Gasteiger partial charge in [-0.05, 0) is 43.7 Å². The van der Waals surface area contributed by atoms with E-state index in [2.05, 4.69) is 48.3 Å². The van der Waals surface area contributed by atoms with Crippen LogP contribution < -0.4 is 15.4 Å². The molecule has 0 unspecified atom stereocenters. The number of rotatable bonds is 9. The molecular weight excluding hydrogens is 334 g/mol. The quantitative estimate of drug-likeness (QED) is 0.663. The van der Waals surface area contributed by atoms with Gasteiger partial charge < -0.3 is 10.2 Å². The van der Waals surface area contributed by atoms with Crippen LogP contribution in [0.1, 0.15) is 25.0 Å². The first-order valence-electron chi connectivity index (χ1n) is 8.71. The Labute approximate surface area is 150 Å². The van der Waals surface area contributed by atoms with Crippen LogP contribution in [-0.4, -0.2) is 28.1 Å². The molecule has 0 radical (unpaired) electrons. The first kappa shape index (κ1) is 19.4. The van der Waals surface area contributed by atoms with Crippen LogP contribution in [0.2, 0.25) is 0 Å². The van der Waals surface area contributed by atoms with Crippen molar-refractivity contribution in [3.05, 3.63) is 59.7 Å². The summed E-state index contributed by atoms with van der Waals surface area (Å²) < 4.78 is 22.5. The third kappa shape index (κ3) is 5.85. The van der Waals surface area contributed by atoms with Gasteiger partial charge in [0.2, 0.25) is 10.0 Å². The Kier molecular flexibility index (Phi) is 6.99. The summed E-state index contributed by atoms with van der Waals surface area (Å²) in [6.45, 7) is 8.26. The van der Waals surface area contributed by atoms with Gasteiger partial charge in [-0.3, -0.25) is 0 Å². The summed E-state index contributed by atoms with van der Waals surface area (Å²) in [4.78, 5) is 2.49. The molecule has 5 nitrogen and oxygen atoms in total. The van der Waals surface area contributed by atoms with Gasteiger partial charge in [-0.15, -0.1) is 0 Å². The molecule has 6 heteroatoms. The molecule has 0 aliphatic heterocycles. The number of quaternary nitrogens is 1. The van der Waals surface area contributed by atoms with Crippen LogP contribution in [0.3, 0.4) is 0 Å². The van der Waals surface area contributed by atoms with E-state index >= 15 is 0 Å². The smallest absolute Gasteiger partial charge is 0.238 e. The minimum Gasteiger partial charge on any atom is -0.372 e. The zero-order chi connectivity index (χ0) is 18.3. The highest BCUT2D eigenvalue weighted by atomic mass is 32.2. The fraction of sp³-hybridized carbons (Fsp3) is 0.368. The largest absolute Gasteiger partial charge is 0.372 e. The summed E-state index contributed by atoms with van der Waals surface area (Å²) in [5, 5.41) is 7.37. The van der Waals surface area contributed by atoms with Crippen molar-refractivity contribution in [1.29, 1.82) is 0 Å². The second-order valence-electron chi connectivity index (χ2n) is 6.06. The molecule has 0 heterocycles. The lowest BCUT2D eigenvalue weighted by molar-refractivity contribution is -0.670. The van der Waals surface area contributed by atoms with Gasteiger partial charge in [-0.1, -0.05) is 24.3 Å². The maximum atomic E-state index is 11.2. The van der Waals surface area contributed by atoms with E-state index in [4.69, 9.17) is 5.14 Å². The molecule has 2 aromatic rings. The summed E-state index contributed by atoms with van der Waals surface area (Å²) in [5.74, 6) is 0. The maximum absolute atomic E-state index is 11.2. The number of anilines is 1. The maximum Gasteiger partial charge on any atom is 0.238 e. The molecule has 0 aliphatic rings. The first-order chi connectivity index (χ1) is 11.9. The number of sulfonamides is 1. The van der Waals surface area contributed by atoms with Gasteiger partial charge in [0.05, 0.1) is 11.4 Å².